The summed E-state index contributed by atoms with van der Waals surface area (Å²) in [5, 5.41) is 12.4. The first-order valence-electron chi connectivity index (χ1n) is 5.81. The van der Waals surface area contributed by atoms with Crippen molar-refractivity contribution < 1.29 is 0 Å². The summed E-state index contributed by atoms with van der Waals surface area (Å²) >= 11 is 3.36. The minimum Gasteiger partial charge on any atom is -0.380 e. The smallest absolute Gasteiger partial charge is 0.101 e. The summed E-state index contributed by atoms with van der Waals surface area (Å²) in [4.78, 5) is 0. The van der Waals surface area contributed by atoms with Crippen molar-refractivity contribution in [3.8, 4) is 6.07 Å². The third kappa shape index (κ3) is 2.93. The predicted molar refractivity (Wildman–Crippen MR) is 76.3 cm³/mol. The van der Waals surface area contributed by atoms with Gasteiger partial charge in [-0.25, -0.2) is 0 Å². The Kier molecular flexibility index (Phi) is 4.06. The molecular formula is C14H14BrN3. The van der Waals surface area contributed by atoms with Crippen molar-refractivity contribution >= 4 is 21.6 Å². The molecule has 4 heteroatoms. The van der Waals surface area contributed by atoms with Crippen LogP contribution in [0, 0.1) is 11.3 Å². The number of benzene rings is 1. The van der Waals surface area contributed by atoms with Crippen LogP contribution in [0.15, 0.2) is 41.1 Å². The van der Waals surface area contributed by atoms with Crippen molar-refractivity contribution in [1.29, 1.82) is 5.26 Å². The zero-order valence-corrected chi connectivity index (χ0v) is 11.7. The standard InChI is InChI=1S/C14H14BrN3/c1-2-18-6-5-11(10-18)9-17-14-4-3-13(15)7-12(14)8-16/h3-7,10,17H,2,9H2,1H3. The van der Waals surface area contributed by atoms with Crippen molar-refractivity contribution in [2.24, 2.45) is 0 Å². The molecule has 2 rings (SSSR count). The number of nitrogens with zero attached hydrogens (tertiary/aromatic N) is 2. The number of hydrogen-bond donors (Lipinski definition) is 1. The molecule has 1 N–H and O–H groups in total. The van der Waals surface area contributed by atoms with E-state index in [0.717, 1.165) is 23.2 Å². The molecule has 18 heavy (non-hydrogen) atoms. The molecule has 0 saturated heterocycles. The minimum atomic E-state index is 0.652. The highest BCUT2D eigenvalue weighted by Crippen LogP contribution is 2.20. The van der Waals surface area contributed by atoms with Gasteiger partial charge in [-0.15, -0.1) is 0 Å². The third-order valence-electron chi connectivity index (χ3n) is 2.76. The Labute approximate surface area is 115 Å². The first-order valence-corrected chi connectivity index (χ1v) is 6.60. The van der Waals surface area contributed by atoms with Crippen LogP contribution in [0.2, 0.25) is 0 Å². The Morgan fingerprint density at radius 3 is 2.89 bits per heavy atom. The second kappa shape index (κ2) is 5.74. The fraction of sp³-hybridized carbons (Fsp3) is 0.214. The molecule has 2 aromatic rings. The van der Waals surface area contributed by atoms with E-state index in [2.05, 4.69) is 57.3 Å². The quantitative estimate of drug-likeness (QED) is 0.934. The molecule has 1 aromatic carbocycles. The van der Waals surface area contributed by atoms with Crippen LogP contribution >= 0.6 is 15.9 Å². The number of aromatic nitrogens is 1. The van der Waals surface area contributed by atoms with Gasteiger partial charge >= 0.3 is 0 Å². The van der Waals surface area contributed by atoms with Crippen molar-refractivity contribution in [2.75, 3.05) is 5.32 Å². The van der Waals surface area contributed by atoms with Gasteiger partial charge in [-0.05, 0) is 36.8 Å². The van der Waals surface area contributed by atoms with Crippen molar-refractivity contribution in [3.63, 3.8) is 0 Å². The number of anilines is 1. The number of aryl methyl sites for hydroxylation is 1. The van der Waals surface area contributed by atoms with Gasteiger partial charge in [-0.2, -0.15) is 5.26 Å². The van der Waals surface area contributed by atoms with E-state index < -0.39 is 0 Å². The number of hydrogen-bond acceptors (Lipinski definition) is 2. The first kappa shape index (κ1) is 12.7. The van der Waals surface area contributed by atoms with Crippen LogP contribution in [-0.4, -0.2) is 4.57 Å². The van der Waals surface area contributed by atoms with E-state index in [-0.39, 0.29) is 0 Å². The molecule has 1 heterocycles. The Balaban J connectivity index is 2.08. The molecule has 0 aliphatic carbocycles. The maximum absolute atomic E-state index is 9.07. The third-order valence-corrected chi connectivity index (χ3v) is 3.26. The van der Waals surface area contributed by atoms with Gasteiger partial charge in [0.05, 0.1) is 11.3 Å². The van der Waals surface area contributed by atoms with Crippen LogP contribution < -0.4 is 5.32 Å². The van der Waals surface area contributed by atoms with Crippen LogP contribution in [0.25, 0.3) is 0 Å². The molecule has 0 saturated carbocycles. The zero-order valence-electron chi connectivity index (χ0n) is 10.2. The SMILES string of the molecule is CCn1ccc(CNc2ccc(Br)cc2C#N)c1. The Morgan fingerprint density at radius 1 is 1.39 bits per heavy atom. The summed E-state index contributed by atoms with van der Waals surface area (Å²) in [5.74, 6) is 0. The Bertz CT molecular complexity index is 581. The average molecular weight is 304 g/mol. The fourth-order valence-electron chi connectivity index (χ4n) is 1.75. The maximum atomic E-state index is 9.07. The van der Waals surface area contributed by atoms with Gasteiger partial charge in [0.1, 0.15) is 6.07 Å². The molecule has 0 amide bonds. The van der Waals surface area contributed by atoms with E-state index in [0.29, 0.717) is 5.56 Å². The summed E-state index contributed by atoms with van der Waals surface area (Å²) in [6, 6.07) is 9.94. The highest BCUT2D eigenvalue weighted by Gasteiger charge is 2.03. The van der Waals surface area contributed by atoms with Crippen molar-refractivity contribution in [2.45, 2.75) is 20.0 Å². The van der Waals surface area contributed by atoms with Gasteiger partial charge in [0, 0.05) is 30.0 Å². The Hall–Kier alpha value is -1.73. The monoisotopic (exact) mass is 303 g/mol. The fourth-order valence-corrected chi connectivity index (χ4v) is 2.11. The van der Waals surface area contributed by atoms with Gasteiger partial charge in [-0.3, -0.25) is 0 Å². The molecule has 0 radical (unpaired) electrons. The average Bonchev–Trinajstić information content (AvgIpc) is 2.85. The van der Waals surface area contributed by atoms with Gasteiger partial charge in [0.15, 0.2) is 0 Å². The summed E-state index contributed by atoms with van der Waals surface area (Å²) in [7, 11) is 0. The molecule has 0 spiro atoms. The second-order valence-electron chi connectivity index (χ2n) is 4.01. The van der Waals surface area contributed by atoms with Gasteiger partial charge < -0.3 is 9.88 Å². The highest BCUT2D eigenvalue weighted by molar-refractivity contribution is 9.10. The summed E-state index contributed by atoms with van der Waals surface area (Å²) < 4.78 is 3.05. The predicted octanol–water partition coefficient (Wildman–Crippen LogP) is 3.75. The van der Waals surface area contributed by atoms with Crippen LogP contribution in [0.1, 0.15) is 18.1 Å². The molecular weight excluding hydrogens is 290 g/mol. The lowest BCUT2D eigenvalue weighted by atomic mass is 10.2. The largest absolute Gasteiger partial charge is 0.380 e. The van der Waals surface area contributed by atoms with E-state index in [1.54, 1.807) is 0 Å². The van der Waals surface area contributed by atoms with Crippen LogP contribution in [0.3, 0.4) is 0 Å². The summed E-state index contributed by atoms with van der Waals surface area (Å²) in [6.07, 6.45) is 4.17. The number of nitrogens with one attached hydrogen (secondary N) is 1. The number of nitriles is 1. The molecule has 0 atom stereocenters. The van der Waals surface area contributed by atoms with E-state index in [9.17, 15) is 0 Å². The normalized spacial score (nSPS) is 10.1. The van der Waals surface area contributed by atoms with Crippen LogP contribution in [0.4, 0.5) is 5.69 Å². The number of halogens is 1. The molecule has 3 nitrogen and oxygen atoms in total. The molecule has 0 aliphatic heterocycles. The lowest BCUT2D eigenvalue weighted by Gasteiger charge is -2.07. The lowest BCUT2D eigenvalue weighted by Crippen LogP contribution is -2.00. The molecule has 0 bridgehead atoms. The van der Waals surface area contributed by atoms with Crippen LogP contribution in [-0.2, 0) is 13.1 Å². The molecule has 0 unspecified atom stereocenters. The zero-order chi connectivity index (χ0) is 13.0. The van der Waals surface area contributed by atoms with Gasteiger partial charge in [-0.1, -0.05) is 15.9 Å². The second-order valence-corrected chi connectivity index (χ2v) is 4.92. The molecule has 0 aliphatic rings. The van der Waals surface area contributed by atoms with Crippen LogP contribution in [0.5, 0.6) is 0 Å². The van der Waals surface area contributed by atoms with E-state index >= 15 is 0 Å². The first-order chi connectivity index (χ1) is 8.72. The molecule has 0 fully saturated rings. The van der Waals surface area contributed by atoms with Crippen molar-refractivity contribution in [1.82, 2.24) is 4.57 Å². The topological polar surface area (TPSA) is 40.8 Å². The van der Waals surface area contributed by atoms with E-state index in [4.69, 9.17) is 5.26 Å². The summed E-state index contributed by atoms with van der Waals surface area (Å²) in [6.45, 7) is 3.81. The molecule has 92 valence electrons. The summed E-state index contributed by atoms with van der Waals surface area (Å²) in [5.41, 5.74) is 2.73. The van der Waals surface area contributed by atoms with Gasteiger partial charge in [0.2, 0.25) is 0 Å². The Morgan fingerprint density at radius 2 is 2.22 bits per heavy atom. The minimum absolute atomic E-state index is 0.652. The number of rotatable bonds is 4. The highest BCUT2D eigenvalue weighted by atomic mass is 79.9. The van der Waals surface area contributed by atoms with Gasteiger partial charge in [0.25, 0.3) is 0 Å². The van der Waals surface area contributed by atoms with E-state index in [1.165, 1.54) is 5.56 Å². The van der Waals surface area contributed by atoms with E-state index in [1.807, 2.05) is 18.2 Å². The maximum Gasteiger partial charge on any atom is 0.101 e. The molecule has 1 aromatic heterocycles. The van der Waals surface area contributed by atoms with Crippen molar-refractivity contribution in [3.05, 3.63) is 52.3 Å². The lowest BCUT2D eigenvalue weighted by molar-refractivity contribution is 0.766.